The first-order valence-electron chi connectivity index (χ1n) is 8.19. The first-order valence-corrected chi connectivity index (χ1v) is 8.56. The Morgan fingerprint density at radius 3 is 2.80 bits per heavy atom. The van der Waals surface area contributed by atoms with Crippen LogP contribution >= 0.6 is 11.6 Å². The van der Waals surface area contributed by atoms with Gasteiger partial charge >= 0.3 is 0 Å². The van der Waals surface area contributed by atoms with Crippen molar-refractivity contribution < 1.29 is 14.3 Å². The predicted octanol–water partition coefficient (Wildman–Crippen LogP) is 4.19. The van der Waals surface area contributed by atoms with E-state index in [0.29, 0.717) is 36.1 Å². The van der Waals surface area contributed by atoms with Gasteiger partial charge in [-0.25, -0.2) is 0 Å². The van der Waals surface area contributed by atoms with Crippen LogP contribution in [-0.2, 0) is 4.74 Å². The number of hydrogen-bond acceptors (Lipinski definition) is 4. The smallest absolute Gasteiger partial charge is 0.255 e. The van der Waals surface area contributed by atoms with E-state index in [1.54, 1.807) is 42.5 Å². The molecule has 0 spiro atoms. The molecule has 1 unspecified atom stereocenters. The van der Waals surface area contributed by atoms with Crippen LogP contribution in [-0.4, -0.2) is 31.3 Å². The number of halogens is 1. The molecule has 2 N–H and O–H groups in total. The summed E-state index contributed by atoms with van der Waals surface area (Å²) < 4.78 is 11.3. The molecule has 0 saturated heterocycles. The lowest BCUT2D eigenvalue weighted by molar-refractivity contribution is 0.0808. The standard InChI is InChI=1S/C19H21ClN2O3/c1-3-24-11-19(2)12-25-17-9-4-13(10-16(17)22-19)18(23)21-15-7-5-14(20)6-8-15/h4-10,22H,3,11-12H2,1-2H3,(H,21,23). The van der Waals surface area contributed by atoms with Gasteiger partial charge in [0.15, 0.2) is 0 Å². The van der Waals surface area contributed by atoms with Gasteiger partial charge < -0.3 is 20.1 Å². The third-order valence-electron chi connectivity index (χ3n) is 3.95. The molecule has 2 aromatic rings. The molecular weight excluding hydrogens is 340 g/mol. The van der Waals surface area contributed by atoms with Crippen LogP contribution < -0.4 is 15.4 Å². The Morgan fingerprint density at radius 2 is 2.08 bits per heavy atom. The topological polar surface area (TPSA) is 59.6 Å². The lowest BCUT2D eigenvalue weighted by Gasteiger charge is -2.36. The van der Waals surface area contributed by atoms with Crippen LogP contribution in [0.4, 0.5) is 11.4 Å². The van der Waals surface area contributed by atoms with Gasteiger partial charge in [-0.15, -0.1) is 0 Å². The molecule has 3 rings (SSSR count). The number of fused-ring (bicyclic) bond motifs is 1. The van der Waals surface area contributed by atoms with E-state index in [4.69, 9.17) is 21.1 Å². The van der Waals surface area contributed by atoms with Crippen molar-refractivity contribution in [1.82, 2.24) is 0 Å². The zero-order valence-corrected chi connectivity index (χ0v) is 15.0. The second kappa shape index (κ2) is 7.33. The molecule has 6 heteroatoms. The number of carbonyl (C=O) groups excluding carboxylic acids is 1. The zero-order chi connectivity index (χ0) is 17.9. The monoisotopic (exact) mass is 360 g/mol. The van der Waals surface area contributed by atoms with Crippen LogP contribution in [0, 0.1) is 0 Å². The molecule has 132 valence electrons. The highest BCUT2D eigenvalue weighted by atomic mass is 35.5. The quantitative estimate of drug-likeness (QED) is 0.839. The van der Waals surface area contributed by atoms with Gasteiger partial charge in [-0.2, -0.15) is 0 Å². The van der Waals surface area contributed by atoms with Gasteiger partial charge in [-0.05, 0) is 56.3 Å². The van der Waals surface area contributed by atoms with Gasteiger partial charge in [-0.3, -0.25) is 4.79 Å². The van der Waals surface area contributed by atoms with Crippen LogP contribution in [0.3, 0.4) is 0 Å². The Balaban J connectivity index is 1.75. The summed E-state index contributed by atoms with van der Waals surface area (Å²) >= 11 is 5.86. The van der Waals surface area contributed by atoms with E-state index in [0.717, 1.165) is 11.4 Å². The van der Waals surface area contributed by atoms with Gasteiger partial charge in [0.2, 0.25) is 0 Å². The molecule has 0 bridgehead atoms. The first kappa shape index (κ1) is 17.6. The van der Waals surface area contributed by atoms with Crippen molar-refractivity contribution >= 4 is 28.9 Å². The van der Waals surface area contributed by atoms with Gasteiger partial charge in [0.25, 0.3) is 5.91 Å². The van der Waals surface area contributed by atoms with E-state index in [1.165, 1.54) is 0 Å². The molecule has 1 aliphatic heterocycles. The number of amides is 1. The summed E-state index contributed by atoms with van der Waals surface area (Å²) in [5, 5.41) is 6.91. The van der Waals surface area contributed by atoms with Crippen molar-refractivity contribution in [2.75, 3.05) is 30.5 Å². The van der Waals surface area contributed by atoms with Crippen LogP contribution in [0.15, 0.2) is 42.5 Å². The summed E-state index contributed by atoms with van der Waals surface area (Å²) in [6.45, 7) is 5.68. The highest BCUT2D eigenvalue weighted by Crippen LogP contribution is 2.33. The van der Waals surface area contributed by atoms with Gasteiger partial charge in [0.1, 0.15) is 12.4 Å². The highest BCUT2D eigenvalue weighted by Gasteiger charge is 2.31. The van der Waals surface area contributed by atoms with Crippen molar-refractivity contribution in [3.63, 3.8) is 0 Å². The van der Waals surface area contributed by atoms with E-state index < -0.39 is 0 Å². The van der Waals surface area contributed by atoms with Crippen LogP contribution in [0.5, 0.6) is 5.75 Å². The fourth-order valence-corrected chi connectivity index (χ4v) is 2.76. The van der Waals surface area contributed by atoms with Crippen LogP contribution in [0.1, 0.15) is 24.2 Å². The predicted molar refractivity (Wildman–Crippen MR) is 99.9 cm³/mol. The summed E-state index contributed by atoms with van der Waals surface area (Å²) in [5.41, 5.74) is 1.70. The van der Waals surface area contributed by atoms with Crippen molar-refractivity contribution in [3.8, 4) is 5.75 Å². The summed E-state index contributed by atoms with van der Waals surface area (Å²) in [4.78, 5) is 12.5. The van der Waals surface area contributed by atoms with E-state index in [-0.39, 0.29) is 11.4 Å². The molecule has 1 atom stereocenters. The van der Waals surface area contributed by atoms with Crippen molar-refractivity contribution in [2.24, 2.45) is 0 Å². The SMILES string of the molecule is CCOCC1(C)COc2ccc(C(=O)Nc3ccc(Cl)cc3)cc2N1. The fraction of sp³-hybridized carbons (Fsp3) is 0.316. The number of benzene rings is 2. The first-order chi connectivity index (χ1) is 12.0. The van der Waals surface area contributed by atoms with Crippen molar-refractivity contribution in [1.29, 1.82) is 0 Å². The molecule has 25 heavy (non-hydrogen) atoms. The second-order valence-corrected chi connectivity index (χ2v) is 6.72. The van der Waals surface area contributed by atoms with E-state index in [1.807, 2.05) is 13.8 Å². The maximum Gasteiger partial charge on any atom is 0.255 e. The third-order valence-corrected chi connectivity index (χ3v) is 4.20. The number of nitrogens with one attached hydrogen (secondary N) is 2. The van der Waals surface area contributed by atoms with Gasteiger partial charge in [0, 0.05) is 22.9 Å². The van der Waals surface area contributed by atoms with Gasteiger partial charge in [-0.1, -0.05) is 11.6 Å². The lowest BCUT2D eigenvalue weighted by atomic mass is 10.0. The summed E-state index contributed by atoms with van der Waals surface area (Å²) in [6.07, 6.45) is 0. The minimum atomic E-state index is -0.325. The molecule has 1 aliphatic rings. The number of ether oxygens (including phenoxy) is 2. The lowest BCUT2D eigenvalue weighted by Crippen LogP contribution is -2.48. The number of rotatable bonds is 5. The molecule has 0 saturated carbocycles. The number of hydrogen-bond donors (Lipinski definition) is 2. The second-order valence-electron chi connectivity index (χ2n) is 6.28. The number of anilines is 2. The average Bonchev–Trinajstić information content (AvgIpc) is 2.61. The Bertz CT molecular complexity index is 764. The minimum Gasteiger partial charge on any atom is -0.489 e. The Kier molecular flexibility index (Phi) is 5.16. The molecular formula is C19H21ClN2O3. The molecule has 0 aromatic heterocycles. The summed E-state index contributed by atoms with van der Waals surface area (Å²) in [7, 11) is 0. The number of carbonyl (C=O) groups is 1. The highest BCUT2D eigenvalue weighted by molar-refractivity contribution is 6.30. The van der Waals surface area contributed by atoms with Crippen molar-refractivity contribution in [3.05, 3.63) is 53.1 Å². The summed E-state index contributed by atoms with van der Waals surface area (Å²) in [5.74, 6) is 0.543. The maximum atomic E-state index is 12.5. The zero-order valence-electron chi connectivity index (χ0n) is 14.3. The molecule has 0 fully saturated rings. The third kappa shape index (κ3) is 4.24. The molecule has 0 aliphatic carbocycles. The Morgan fingerprint density at radius 1 is 1.32 bits per heavy atom. The largest absolute Gasteiger partial charge is 0.489 e. The fourth-order valence-electron chi connectivity index (χ4n) is 2.63. The average molecular weight is 361 g/mol. The van der Waals surface area contributed by atoms with Crippen LogP contribution in [0.2, 0.25) is 5.02 Å². The molecule has 2 aromatic carbocycles. The summed E-state index contributed by atoms with van der Waals surface area (Å²) in [6, 6.07) is 12.3. The molecule has 0 radical (unpaired) electrons. The van der Waals surface area contributed by atoms with Crippen LogP contribution in [0.25, 0.3) is 0 Å². The van der Waals surface area contributed by atoms with E-state index >= 15 is 0 Å². The molecule has 1 heterocycles. The minimum absolute atomic E-state index is 0.191. The maximum absolute atomic E-state index is 12.5. The Labute approximate surface area is 152 Å². The van der Waals surface area contributed by atoms with Gasteiger partial charge in [0.05, 0.1) is 17.8 Å². The molecule has 1 amide bonds. The Hall–Kier alpha value is -2.24. The van der Waals surface area contributed by atoms with E-state index in [2.05, 4.69) is 10.6 Å². The van der Waals surface area contributed by atoms with E-state index in [9.17, 15) is 4.79 Å². The molecule has 5 nitrogen and oxygen atoms in total. The normalized spacial score (nSPS) is 18.7. The van der Waals surface area contributed by atoms with Crippen molar-refractivity contribution in [2.45, 2.75) is 19.4 Å².